The number of nitrogens with one attached hydrogen (secondary N) is 1. The Bertz CT molecular complexity index is 457. The quantitative estimate of drug-likeness (QED) is 0.770. The molecule has 0 spiro atoms. The Balaban J connectivity index is 1.86. The lowest BCUT2D eigenvalue weighted by atomic mass is 9.97. The second kappa shape index (κ2) is 5.99. The van der Waals surface area contributed by atoms with Crippen LogP contribution in [0.1, 0.15) is 38.5 Å². The van der Waals surface area contributed by atoms with E-state index in [1.54, 1.807) is 0 Å². The maximum atomic E-state index is 12.1. The Morgan fingerprint density at radius 2 is 2.00 bits per heavy atom. The van der Waals surface area contributed by atoms with Gasteiger partial charge in [0.1, 0.15) is 0 Å². The molecule has 1 atom stereocenters. The van der Waals surface area contributed by atoms with E-state index in [1.165, 1.54) is 10.6 Å². The normalized spacial score (nSPS) is 27.4. The monoisotopic (exact) mass is 304 g/mol. The molecule has 1 amide bonds. The van der Waals surface area contributed by atoms with Crippen molar-refractivity contribution in [3.8, 4) is 0 Å². The van der Waals surface area contributed by atoms with Gasteiger partial charge in [-0.25, -0.2) is 12.7 Å². The molecule has 1 saturated carbocycles. The van der Waals surface area contributed by atoms with Gasteiger partial charge in [-0.05, 0) is 25.7 Å². The van der Waals surface area contributed by atoms with Crippen LogP contribution in [-0.2, 0) is 14.8 Å². The van der Waals surface area contributed by atoms with Crippen molar-refractivity contribution in [2.24, 2.45) is 5.92 Å². The van der Waals surface area contributed by atoms with Crippen LogP contribution in [0.25, 0.3) is 0 Å². The van der Waals surface area contributed by atoms with Gasteiger partial charge in [0.25, 0.3) is 0 Å². The molecule has 2 aliphatic rings. The van der Waals surface area contributed by atoms with Crippen molar-refractivity contribution >= 4 is 15.9 Å². The van der Waals surface area contributed by atoms with Gasteiger partial charge in [-0.1, -0.05) is 12.8 Å². The average Bonchev–Trinajstić information content (AvgIpc) is 2.83. The molecule has 116 valence electrons. The fraction of sp³-hybridized carbons (Fsp3) is 0.923. The summed E-state index contributed by atoms with van der Waals surface area (Å²) in [5, 5.41) is 13.0. The Hall–Kier alpha value is -0.660. The number of hydrogen-bond acceptors (Lipinski definition) is 4. The maximum Gasteiger partial charge on any atom is 0.224 e. The van der Waals surface area contributed by atoms with Crippen LogP contribution in [0, 0.1) is 5.92 Å². The van der Waals surface area contributed by atoms with Gasteiger partial charge < -0.3 is 10.4 Å². The van der Waals surface area contributed by atoms with E-state index in [9.17, 15) is 18.3 Å². The van der Waals surface area contributed by atoms with Crippen LogP contribution in [0.2, 0.25) is 0 Å². The van der Waals surface area contributed by atoms with E-state index in [-0.39, 0.29) is 24.9 Å². The van der Waals surface area contributed by atoms with Crippen molar-refractivity contribution < 1.29 is 18.3 Å². The molecule has 2 fully saturated rings. The smallest absolute Gasteiger partial charge is 0.224 e. The Kier molecular flexibility index (Phi) is 4.71. The van der Waals surface area contributed by atoms with Gasteiger partial charge in [0, 0.05) is 19.6 Å². The fourth-order valence-electron chi connectivity index (χ4n) is 3.06. The molecule has 0 bridgehead atoms. The third kappa shape index (κ3) is 3.93. The van der Waals surface area contributed by atoms with Crippen LogP contribution >= 0.6 is 0 Å². The molecule has 0 aromatic heterocycles. The van der Waals surface area contributed by atoms with E-state index in [1.807, 2.05) is 0 Å². The van der Waals surface area contributed by atoms with Crippen LogP contribution in [0.5, 0.6) is 0 Å². The molecular weight excluding hydrogens is 280 g/mol. The average molecular weight is 304 g/mol. The molecule has 0 aromatic rings. The van der Waals surface area contributed by atoms with Gasteiger partial charge in [0.05, 0.1) is 17.8 Å². The summed E-state index contributed by atoms with van der Waals surface area (Å²) in [6.07, 6.45) is 6.04. The number of nitrogens with zero attached hydrogens (tertiary/aromatic N) is 1. The van der Waals surface area contributed by atoms with Crippen LogP contribution in [0.3, 0.4) is 0 Å². The second-order valence-electron chi connectivity index (χ2n) is 6.11. The van der Waals surface area contributed by atoms with Gasteiger partial charge in [0.15, 0.2) is 0 Å². The summed E-state index contributed by atoms with van der Waals surface area (Å²) in [5.41, 5.74) is -0.763. The summed E-state index contributed by atoms with van der Waals surface area (Å²) in [6, 6.07) is 0. The Morgan fingerprint density at radius 3 is 2.60 bits per heavy atom. The zero-order valence-electron chi connectivity index (χ0n) is 12.0. The molecule has 2 rings (SSSR count). The maximum absolute atomic E-state index is 12.1. The number of carbonyl (C=O) groups excluding carboxylic acids is 1. The standard InChI is InChI=1S/C13H24N2O4S/c1-20(18,19)15-8-4-5-11(9-15)12(16)14-10-13(17)6-2-3-7-13/h11,17H,2-10H2,1H3,(H,14,16). The van der Waals surface area contributed by atoms with Gasteiger partial charge in [-0.2, -0.15) is 0 Å². The number of piperidine rings is 1. The van der Waals surface area contributed by atoms with Crippen molar-refractivity contribution in [3.05, 3.63) is 0 Å². The van der Waals surface area contributed by atoms with E-state index >= 15 is 0 Å². The fourth-order valence-corrected chi connectivity index (χ4v) is 3.97. The van der Waals surface area contributed by atoms with Crippen molar-refractivity contribution in [1.29, 1.82) is 0 Å². The first kappa shape index (κ1) is 15.7. The van der Waals surface area contributed by atoms with E-state index in [0.717, 1.165) is 25.7 Å². The number of rotatable bonds is 4. The van der Waals surface area contributed by atoms with Crippen molar-refractivity contribution in [2.75, 3.05) is 25.9 Å². The molecule has 1 unspecified atom stereocenters. The summed E-state index contributed by atoms with van der Waals surface area (Å²) in [6.45, 7) is 1.02. The third-order valence-electron chi connectivity index (χ3n) is 4.35. The molecule has 6 nitrogen and oxygen atoms in total. The molecule has 2 N–H and O–H groups in total. The first-order valence-electron chi connectivity index (χ1n) is 7.25. The zero-order chi connectivity index (χ0) is 14.8. The summed E-state index contributed by atoms with van der Waals surface area (Å²) >= 11 is 0. The van der Waals surface area contributed by atoms with Crippen molar-refractivity contribution in [1.82, 2.24) is 9.62 Å². The first-order valence-corrected chi connectivity index (χ1v) is 9.10. The lowest BCUT2D eigenvalue weighted by molar-refractivity contribution is -0.127. The van der Waals surface area contributed by atoms with Crippen LogP contribution in [0.15, 0.2) is 0 Å². The highest BCUT2D eigenvalue weighted by atomic mass is 32.2. The SMILES string of the molecule is CS(=O)(=O)N1CCCC(C(=O)NCC2(O)CCCC2)C1. The third-order valence-corrected chi connectivity index (χ3v) is 5.62. The van der Waals surface area contributed by atoms with Gasteiger partial charge in [-0.3, -0.25) is 4.79 Å². The molecular formula is C13H24N2O4S. The van der Waals surface area contributed by atoms with Gasteiger partial charge in [0.2, 0.25) is 15.9 Å². The second-order valence-corrected chi connectivity index (χ2v) is 8.09. The number of aliphatic hydroxyl groups is 1. The molecule has 0 aromatic carbocycles. The first-order chi connectivity index (χ1) is 9.30. The van der Waals surface area contributed by atoms with E-state index < -0.39 is 15.6 Å². The van der Waals surface area contributed by atoms with Gasteiger partial charge >= 0.3 is 0 Å². The molecule has 20 heavy (non-hydrogen) atoms. The minimum absolute atomic E-state index is 0.140. The number of carbonyl (C=O) groups is 1. The number of hydrogen-bond donors (Lipinski definition) is 2. The van der Waals surface area contributed by atoms with Crippen molar-refractivity contribution in [2.45, 2.75) is 44.1 Å². The topological polar surface area (TPSA) is 86.7 Å². The van der Waals surface area contributed by atoms with Gasteiger partial charge in [-0.15, -0.1) is 0 Å². The highest BCUT2D eigenvalue weighted by Gasteiger charge is 2.34. The lowest BCUT2D eigenvalue weighted by Crippen LogP contribution is -2.48. The predicted molar refractivity (Wildman–Crippen MR) is 75.6 cm³/mol. The number of sulfonamides is 1. The molecule has 1 aliphatic carbocycles. The highest BCUT2D eigenvalue weighted by Crippen LogP contribution is 2.28. The molecule has 0 radical (unpaired) electrons. The Labute approximate surface area is 120 Å². The summed E-state index contributed by atoms with van der Waals surface area (Å²) in [4.78, 5) is 12.1. The van der Waals surface area contributed by atoms with E-state index in [2.05, 4.69) is 5.32 Å². The van der Waals surface area contributed by atoms with Crippen LogP contribution in [0.4, 0.5) is 0 Å². The minimum Gasteiger partial charge on any atom is -0.388 e. The number of amides is 1. The summed E-state index contributed by atoms with van der Waals surface area (Å²) in [5.74, 6) is -0.442. The largest absolute Gasteiger partial charge is 0.388 e. The molecule has 1 aliphatic heterocycles. The Morgan fingerprint density at radius 1 is 1.35 bits per heavy atom. The lowest BCUT2D eigenvalue weighted by Gasteiger charge is -2.31. The molecule has 7 heteroatoms. The van der Waals surface area contributed by atoms with Crippen LogP contribution < -0.4 is 5.32 Å². The summed E-state index contributed by atoms with van der Waals surface area (Å²) in [7, 11) is -3.23. The highest BCUT2D eigenvalue weighted by molar-refractivity contribution is 7.88. The zero-order valence-corrected chi connectivity index (χ0v) is 12.8. The van der Waals surface area contributed by atoms with E-state index in [0.29, 0.717) is 19.4 Å². The predicted octanol–water partition coefficient (Wildman–Crippen LogP) is 0.0793. The minimum atomic E-state index is -3.23. The molecule has 1 saturated heterocycles. The van der Waals surface area contributed by atoms with Crippen molar-refractivity contribution in [3.63, 3.8) is 0 Å². The van der Waals surface area contributed by atoms with E-state index in [4.69, 9.17) is 0 Å². The summed E-state index contributed by atoms with van der Waals surface area (Å²) < 4.78 is 24.4. The molecule has 1 heterocycles. The van der Waals surface area contributed by atoms with Crippen LogP contribution in [-0.4, -0.2) is 55.2 Å².